The Morgan fingerprint density at radius 3 is 2.59 bits per heavy atom. The Hall–Kier alpha value is -3.05. The predicted molar refractivity (Wildman–Crippen MR) is 116 cm³/mol. The van der Waals surface area contributed by atoms with E-state index in [0.717, 1.165) is 11.4 Å². The summed E-state index contributed by atoms with van der Waals surface area (Å²) in [5, 5.41) is 9.06. The van der Waals surface area contributed by atoms with Crippen LogP contribution in [0.3, 0.4) is 0 Å². The second-order valence-electron chi connectivity index (χ2n) is 7.23. The molecule has 0 aliphatic heterocycles. The van der Waals surface area contributed by atoms with Crippen molar-refractivity contribution in [1.29, 1.82) is 5.26 Å². The number of fused-ring (bicyclic) bond motifs is 1. The predicted octanol–water partition coefficient (Wildman–Crippen LogP) is 6.29. The van der Waals surface area contributed by atoms with Gasteiger partial charge in [0.2, 0.25) is 0 Å². The molecule has 1 aromatic carbocycles. The van der Waals surface area contributed by atoms with Gasteiger partial charge in [-0.25, -0.2) is 0 Å². The van der Waals surface area contributed by atoms with Crippen LogP contribution in [0.2, 0.25) is 0 Å². The fourth-order valence-electron chi connectivity index (χ4n) is 2.99. The second-order valence-corrected chi connectivity index (χ2v) is 7.23. The van der Waals surface area contributed by atoms with Gasteiger partial charge in [-0.15, -0.1) is 0 Å². The van der Waals surface area contributed by atoms with Gasteiger partial charge in [0, 0.05) is 29.4 Å². The molecule has 1 aromatic rings. The van der Waals surface area contributed by atoms with E-state index in [1.54, 1.807) is 12.2 Å². The van der Waals surface area contributed by atoms with Crippen LogP contribution in [0.5, 0.6) is 0 Å². The van der Waals surface area contributed by atoms with Gasteiger partial charge in [0.05, 0.1) is 6.07 Å². The summed E-state index contributed by atoms with van der Waals surface area (Å²) in [6.45, 7) is 12.7. The molecule has 0 atom stereocenters. The average Bonchev–Trinajstić information content (AvgIpc) is 2.71. The molecule has 2 rings (SSSR count). The number of allylic oxidation sites excluding steroid dienone is 8. The van der Waals surface area contributed by atoms with E-state index in [1.807, 2.05) is 24.9 Å². The Labute approximate surface area is 163 Å². The molecular formula is C25H28N2. The minimum atomic E-state index is -0.0820. The van der Waals surface area contributed by atoms with Crippen molar-refractivity contribution < 1.29 is 0 Å². The highest BCUT2D eigenvalue weighted by Gasteiger charge is 2.25. The highest BCUT2D eigenvalue weighted by Crippen LogP contribution is 2.35. The zero-order valence-corrected chi connectivity index (χ0v) is 17.0. The van der Waals surface area contributed by atoms with Crippen LogP contribution in [0.15, 0.2) is 89.8 Å². The van der Waals surface area contributed by atoms with Crippen LogP contribution in [0.4, 0.5) is 0 Å². The maximum Gasteiger partial charge on any atom is 0.0988 e. The Balaban J connectivity index is 2.42. The summed E-state index contributed by atoms with van der Waals surface area (Å²) in [6.07, 6.45) is 14.0. The number of hydrogen-bond acceptors (Lipinski definition) is 2. The van der Waals surface area contributed by atoms with Crippen LogP contribution in [0.1, 0.15) is 38.8 Å². The highest BCUT2D eigenvalue weighted by atomic mass is 15.1. The zero-order chi connectivity index (χ0) is 20.0. The second kappa shape index (κ2) is 8.56. The number of likely N-dealkylation sites (N-methyl/N-ethyl adjacent to an activating group) is 1. The molecule has 0 heterocycles. The lowest BCUT2D eigenvalue weighted by molar-refractivity contribution is 0.549. The summed E-state index contributed by atoms with van der Waals surface area (Å²) in [5.41, 5.74) is 6.25. The van der Waals surface area contributed by atoms with E-state index >= 15 is 0 Å². The van der Waals surface area contributed by atoms with Crippen molar-refractivity contribution in [3.8, 4) is 6.07 Å². The van der Waals surface area contributed by atoms with E-state index in [9.17, 15) is 0 Å². The molecule has 1 aliphatic carbocycles. The van der Waals surface area contributed by atoms with Crippen molar-refractivity contribution in [2.24, 2.45) is 0 Å². The van der Waals surface area contributed by atoms with Gasteiger partial charge in [-0.05, 0) is 49.3 Å². The van der Waals surface area contributed by atoms with Gasteiger partial charge in [0.25, 0.3) is 0 Å². The van der Waals surface area contributed by atoms with Crippen LogP contribution in [-0.4, -0.2) is 11.9 Å². The van der Waals surface area contributed by atoms with E-state index in [0.29, 0.717) is 5.57 Å². The van der Waals surface area contributed by atoms with E-state index < -0.39 is 0 Å². The van der Waals surface area contributed by atoms with Crippen LogP contribution in [0.25, 0.3) is 6.08 Å². The molecule has 0 bridgehead atoms. The molecule has 0 radical (unpaired) electrons. The third kappa shape index (κ3) is 4.57. The van der Waals surface area contributed by atoms with Crippen LogP contribution in [-0.2, 0) is 5.41 Å². The van der Waals surface area contributed by atoms with Crippen LogP contribution in [0, 0.1) is 11.3 Å². The van der Waals surface area contributed by atoms with Gasteiger partial charge < -0.3 is 4.90 Å². The molecule has 0 N–H and O–H groups in total. The highest BCUT2D eigenvalue weighted by molar-refractivity contribution is 5.60. The Kier molecular flexibility index (Phi) is 6.42. The molecule has 0 unspecified atom stereocenters. The third-order valence-corrected chi connectivity index (χ3v) is 5.24. The van der Waals surface area contributed by atoms with E-state index in [1.165, 1.54) is 16.7 Å². The number of rotatable bonds is 4. The normalized spacial score (nSPS) is 21.4. The summed E-state index contributed by atoms with van der Waals surface area (Å²) in [5.74, 6) is 0. The smallest absolute Gasteiger partial charge is 0.0988 e. The minimum absolute atomic E-state index is 0.0820. The summed E-state index contributed by atoms with van der Waals surface area (Å²) < 4.78 is 0. The Bertz CT molecular complexity index is 912. The van der Waals surface area contributed by atoms with Crippen molar-refractivity contribution >= 4 is 6.08 Å². The monoisotopic (exact) mass is 356 g/mol. The van der Waals surface area contributed by atoms with Gasteiger partial charge in [-0.2, -0.15) is 5.26 Å². The first-order chi connectivity index (χ1) is 12.8. The van der Waals surface area contributed by atoms with Gasteiger partial charge >= 0.3 is 0 Å². The van der Waals surface area contributed by atoms with Crippen molar-refractivity contribution in [3.05, 3.63) is 101 Å². The Morgan fingerprint density at radius 2 is 1.93 bits per heavy atom. The van der Waals surface area contributed by atoms with Crippen LogP contribution < -0.4 is 0 Å². The van der Waals surface area contributed by atoms with Crippen molar-refractivity contribution in [2.75, 3.05) is 7.05 Å². The largest absolute Gasteiger partial charge is 0.345 e. The van der Waals surface area contributed by atoms with E-state index in [-0.39, 0.29) is 5.41 Å². The van der Waals surface area contributed by atoms with E-state index in [4.69, 9.17) is 5.26 Å². The first-order valence-corrected chi connectivity index (χ1v) is 9.15. The quantitative estimate of drug-likeness (QED) is 0.468. The lowest BCUT2D eigenvalue weighted by atomic mass is 9.76. The Morgan fingerprint density at radius 1 is 1.22 bits per heavy atom. The fourth-order valence-corrected chi connectivity index (χ4v) is 2.99. The molecule has 27 heavy (non-hydrogen) atoms. The first kappa shape index (κ1) is 20.3. The molecule has 2 heteroatoms. The van der Waals surface area contributed by atoms with Gasteiger partial charge in [-0.3, -0.25) is 0 Å². The SMILES string of the molecule is C=C(/C=C\C(C#N)=C/C)N(C)C1=C/C=C/c2ccccc2C(C)(C)\C(C)=C\1. The molecule has 0 spiro atoms. The molecular weight excluding hydrogens is 328 g/mol. The van der Waals surface area contributed by atoms with Crippen LogP contribution >= 0.6 is 0 Å². The summed E-state index contributed by atoms with van der Waals surface area (Å²) in [7, 11) is 2.00. The molecule has 0 amide bonds. The van der Waals surface area contributed by atoms with Gasteiger partial charge in [0.1, 0.15) is 0 Å². The molecule has 138 valence electrons. The standard InChI is InChI=1S/C25H28N2/c1-7-21(18-26)16-15-20(3)27(6)23-13-10-12-22-11-8-9-14-24(22)25(4,5)19(2)17-23/h7-17H,3H2,1-2,4-6H3/b12-10+,16-15-,19-17+,21-7+,23-13+. The average molecular weight is 357 g/mol. The van der Waals surface area contributed by atoms with E-state index in [2.05, 4.69) is 82.0 Å². The number of benzene rings is 1. The maximum atomic E-state index is 9.06. The molecule has 2 nitrogen and oxygen atoms in total. The summed E-state index contributed by atoms with van der Waals surface area (Å²) >= 11 is 0. The number of hydrogen-bond donors (Lipinski definition) is 0. The molecule has 0 fully saturated rings. The molecule has 0 saturated heterocycles. The maximum absolute atomic E-state index is 9.06. The summed E-state index contributed by atoms with van der Waals surface area (Å²) in [6, 6.07) is 10.7. The third-order valence-electron chi connectivity index (χ3n) is 5.24. The zero-order valence-electron chi connectivity index (χ0n) is 17.0. The lowest BCUT2D eigenvalue weighted by Crippen LogP contribution is -2.21. The number of nitriles is 1. The fraction of sp³-hybridized carbons (Fsp3) is 0.240. The molecule has 1 aliphatic rings. The lowest BCUT2D eigenvalue weighted by Gasteiger charge is -2.29. The minimum Gasteiger partial charge on any atom is -0.345 e. The topological polar surface area (TPSA) is 27.0 Å². The molecule has 0 aromatic heterocycles. The van der Waals surface area contributed by atoms with Crippen molar-refractivity contribution in [1.82, 2.24) is 4.90 Å². The van der Waals surface area contributed by atoms with Gasteiger partial charge in [-0.1, -0.05) is 68.5 Å². The van der Waals surface area contributed by atoms with Gasteiger partial charge in [0.15, 0.2) is 0 Å². The molecule has 0 saturated carbocycles. The number of nitrogens with zero attached hydrogens (tertiary/aromatic N) is 2. The van der Waals surface area contributed by atoms with Crippen molar-refractivity contribution in [3.63, 3.8) is 0 Å². The summed E-state index contributed by atoms with van der Waals surface area (Å²) in [4.78, 5) is 2.04. The van der Waals surface area contributed by atoms with Crippen molar-refractivity contribution in [2.45, 2.75) is 33.1 Å². The first-order valence-electron chi connectivity index (χ1n) is 9.15.